The van der Waals surface area contributed by atoms with Crippen LogP contribution < -0.4 is 15.4 Å². The third-order valence-corrected chi connectivity index (χ3v) is 5.66. The van der Waals surface area contributed by atoms with Crippen LogP contribution in [0.3, 0.4) is 0 Å². The minimum Gasteiger partial charge on any atom is -0.497 e. The summed E-state index contributed by atoms with van der Waals surface area (Å²) in [7, 11) is 3.00. The molecule has 0 unspecified atom stereocenters. The van der Waals surface area contributed by atoms with Crippen molar-refractivity contribution in [3.8, 4) is 5.75 Å². The van der Waals surface area contributed by atoms with Crippen molar-refractivity contribution in [1.82, 2.24) is 15.1 Å². The number of likely N-dealkylation sites (N-methyl/N-ethyl adjacent to an activating group) is 1. The van der Waals surface area contributed by atoms with Crippen molar-refractivity contribution in [2.45, 2.75) is 44.1 Å². The van der Waals surface area contributed by atoms with Gasteiger partial charge in [0.15, 0.2) is 0 Å². The Morgan fingerprint density at radius 3 is 2.57 bits per heavy atom. The quantitative estimate of drug-likeness (QED) is 0.687. The standard InChI is InChI=1S/C21H28N4O5/c1-24(13-17(26)22-15-8-7-9-16(12-15)30-2)18(27)14-25-19(28)21(23-20(25)29)10-5-3-4-6-11-21/h7-9,12H,3-6,10-11,13-14H2,1-2H3,(H,22,26)(H,23,29). The van der Waals surface area contributed by atoms with Gasteiger partial charge in [-0.15, -0.1) is 0 Å². The monoisotopic (exact) mass is 416 g/mol. The van der Waals surface area contributed by atoms with Crippen LogP contribution in [0.15, 0.2) is 24.3 Å². The van der Waals surface area contributed by atoms with E-state index in [1.165, 1.54) is 19.1 Å². The van der Waals surface area contributed by atoms with Crippen molar-refractivity contribution in [2.75, 3.05) is 32.6 Å². The SMILES string of the molecule is COc1cccc(NC(=O)CN(C)C(=O)CN2C(=O)NC3(CCCCCC3)C2=O)c1. The molecular formula is C21H28N4O5. The van der Waals surface area contributed by atoms with Gasteiger partial charge in [0.25, 0.3) is 5.91 Å². The minimum absolute atomic E-state index is 0.204. The van der Waals surface area contributed by atoms with Crippen molar-refractivity contribution in [1.29, 1.82) is 0 Å². The number of anilines is 1. The van der Waals surface area contributed by atoms with Crippen LogP contribution in [0.5, 0.6) is 5.75 Å². The molecule has 2 aliphatic rings. The van der Waals surface area contributed by atoms with Gasteiger partial charge in [0.1, 0.15) is 17.8 Å². The molecule has 1 saturated heterocycles. The van der Waals surface area contributed by atoms with Gasteiger partial charge >= 0.3 is 6.03 Å². The van der Waals surface area contributed by atoms with Crippen LogP contribution in [-0.2, 0) is 14.4 Å². The Hall–Kier alpha value is -3.10. The first-order valence-corrected chi connectivity index (χ1v) is 10.2. The molecule has 1 aromatic rings. The molecule has 30 heavy (non-hydrogen) atoms. The normalized spacial score (nSPS) is 18.0. The summed E-state index contributed by atoms with van der Waals surface area (Å²) >= 11 is 0. The first-order valence-electron chi connectivity index (χ1n) is 10.2. The highest BCUT2D eigenvalue weighted by Gasteiger charge is 2.51. The second kappa shape index (κ2) is 9.15. The van der Waals surface area contributed by atoms with E-state index in [4.69, 9.17) is 4.74 Å². The number of urea groups is 1. The lowest BCUT2D eigenvalue weighted by atomic mass is 9.90. The molecule has 1 aliphatic heterocycles. The largest absolute Gasteiger partial charge is 0.497 e. The number of rotatable bonds is 6. The average molecular weight is 416 g/mol. The molecule has 162 valence electrons. The third-order valence-electron chi connectivity index (χ3n) is 5.66. The lowest BCUT2D eigenvalue weighted by Crippen LogP contribution is -2.47. The number of carbonyl (C=O) groups excluding carboxylic acids is 4. The molecule has 1 spiro atoms. The maximum atomic E-state index is 12.9. The Kier molecular flexibility index (Phi) is 6.59. The maximum absolute atomic E-state index is 12.9. The van der Waals surface area contributed by atoms with E-state index in [-0.39, 0.29) is 19.0 Å². The van der Waals surface area contributed by atoms with Gasteiger partial charge in [-0.2, -0.15) is 0 Å². The minimum atomic E-state index is -0.879. The van der Waals surface area contributed by atoms with Crippen LogP contribution in [-0.4, -0.2) is 66.3 Å². The fourth-order valence-electron chi connectivity index (χ4n) is 3.95. The molecule has 1 aromatic carbocycles. The molecule has 0 aromatic heterocycles. The molecular weight excluding hydrogens is 388 g/mol. The van der Waals surface area contributed by atoms with Crippen LogP contribution in [0.25, 0.3) is 0 Å². The molecule has 5 amide bonds. The van der Waals surface area contributed by atoms with Crippen LogP contribution in [0, 0.1) is 0 Å². The smallest absolute Gasteiger partial charge is 0.325 e. The summed E-state index contributed by atoms with van der Waals surface area (Å²) in [6.45, 7) is -0.583. The maximum Gasteiger partial charge on any atom is 0.325 e. The average Bonchev–Trinajstić information content (AvgIpc) is 2.88. The van der Waals surface area contributed by atoms with Gasteiger partial charge in [0.05, 0.1) is 13.7 Å². The molecule has 2 N–H and O–H groups in total. The Labute approximate surface area is 175 Å². The van der Waals surface area contributed by atoms with E-state index in [1.807, 2.05) is 0 Å². The van der Waals surface area contributed by atoms with Gasteiger partial charge in [-0.25, -0.2) is 4.79 Å². The van der Waals surface area contributed by atoms with Crippen LogP contribution in [0.1, 0.15) is 38.5 Å². The highest BCUT2D eigenvalue weighted by Crippen LogP contribution is 2.32. The number of carbonyl (C=O) groups is 4. The molecule has 0 bridgehead atoms. The molecule has 2 fully saturated rings. The van der Waals surface area contributed by atoms with Crippen molar-refractivity contribution >= 4 is 29.4 Å². The van der Waals surface area contributed by atoms with Gasteiger partial charge < -0.3 is 20.3 Å². The number of methoxy groups -OCH3 is 1. The number of ether oxygens (including phenoxy) is 1. The van der Waals surface area contributed by atoms with Gasteiger partial charge in [-0.05, 0) is 25.0 Å². The Morgan fingerprint density at radius 2 is 1.90 bits per heavy atom. The van der Waals surface area contributed by atoms with E-state index in [9.17, 15) is 19.2 Å². The van der Waals surface area contributed by atoms with Crippen molar-refractivity contribution < 1.29 is 23.9 Å². The zero-order valence-corrected chi connectivity index (χ0v) is 17.4. The number of imide groups is 1. The molecule has 0 radical (unpaired) electrons. The second-order valence-corrected chi connectivity index (χ2v) is 7.85. The molecule has 1 saturated carbocycles. The summed E-state index contributed by atoms with van der Waals surface area (Å²) in [5.41, 5.74) is -0.333. The zero-order chi connectivity index (χ0) is 21.7. The van der Waals surface area contributed by atoms with E-state index in [2.05, 4.69) is 10.6 Å². The van der Waals surface area contributed by atoms with E-state index >= 15 is 0 Å². The zero-order valence-electron chi connectivity index (χ0n) is 17.4. The molecule has 0 atom stereocenters. The lowest BCUT2D eigenvalue weighted by molar-refractivity contribution is -0.139. The first-order chi connectivity index (χ1) is 14.3. The predicted octanol–water partition coefficient (Wildman–Crippen LogP) is 1.74. The molecule has 9 heteroatoms. The van der Waals surface area contributed by atoms with Crippen molar-refractivity contribution in [3.05, 3.63) is 24.3 Å². The summed E-state index contributed by atoms with van der Waals surface area (Å²) < 4.78 is 5.11. The Bertz CT molecular complexity index is 832. The Balaban J connectivity index is 1.56. The fourth-order valence-corrected chi connectivity index (χ4v) is 3.95. The van der Waals surface area contributed by atoms with Crippen LogP contribution >= 0.6 is 0 Å². The number of nitrogens with zero attached hydrogens (tertiary/aromatic N) is 2. The molecule has 1 aliphatic carbocycles. The number of amides is 5. The molecule has 9 nitrogen and oxygen atoms in total. The van der Waals surface area contributed by atoms with Crippen LogP contribution in [0.4, 0.5) is 10.5 Å². The van der Waals surface area contributed by atoms with Gasteiger partial charge in [0, 0.05) is 18.8 Å². The highest BCUT2D eigenvalue weighted by atomic mass is 16.5. The van der Waals surface area contributed by atoms with Crippen molar-refractivity contribution in [2.24, 2.45) is 0 Å². The fraction of sp³-hybridized carbons (Fsp3) is 0.524. The summed E-state index contributed by atoms with van der Waals surface area (Å²) in [4.78, 5) is 52.3. The van der Waals surface area contributed by atoms with Crippen molar-refractivity contribution in [3.63, 3.8) is 0 Å². The Morgan fingerprint density at radius 1 is 1.20 bits per heavy atom. The number of nitrogens with one attached hydrogen (secondary N) is 2. The summed E-state index contributed by atoms with van der Waals surface area (Å²) in [6.07, 6.45) is 5.02. The van der Waals surface area contributed by atoms with Gasteiger partial charge in [0.2, 0.25) is 11.8 Å². The molecule has 3 rings (SSSR count). The summed E-state index contributed by atoms with van der Waals surface area (Å²) in [5.74, 6) is -0.610. The summed E-state index contributed by atoms with van der Waals surface area (Å²) in [6, 6.07) is 6.33. The second-order valence-electron chi connectivity index (χ2n) is 7.85. The highest BCUT2D eigenvalue weighted by molar-refractivity contribution is 6.09. The van der Waals surface area contributed by atoms with E-state index in [0.717, 1.165) is 30.6 Å². The van der Waals surface area contributed by atoms with E-state index in [1.54, 1.807) is 24.3 Å². The summed E-state index contributed by atoms with van der Waals surface area (Å²) in [5, 5.41) is 5.51. The lowest BCUT2D eigenvalue weighted by Gasteiger charge is -2.25. The number of hydrogen-bond donors (Lipinski definition) is 2. The third kappa shape index (κ3) is 4.72. The number of benzene rings is 1. The van der Waals surface area contributed by atoms with Gasteiger partial charge in [-0.1, -0.05) is 31.7 Å². The topological polar surface area (TPSA) is 108 Å². The molecule has 1 heterocycles. The first kappa shape index (κ1) is 21.6. The van der Waals surface area contributed by atoms with E-state index in [0.29, 0.717) is 24.3 Å². The van der Waals surface area contributed by atoms with Crippen LogP contribution in [0.2, 0.25) is 0 Å². The van der Waals surface area contributed by atoms with E-state index < -0.39 is 23.4 Å². The number of hydrogen-bond acceptors (Lipinski definition) is 5. The predicted molar refractivity (Wildman–Crippen MR) is 110 cm³/mol. The van der Waals surface area contributed by atoms with Gasteiger partial charge in [-0.3, -0.25) is 19.3 Å².